The Balaban J connectivity index is 2.01. The molecule has 0 aliphatic heterocycles. The van der Waals surface area contributed by atoms with Crippen molar-refractivity contribution in [2.24, 2.45) is 0 Å². The Morgan fingerprint density at radius 3 is 2.83 bits per heavy atom. The van der Waals surface area contributed by atoms with Gasteiger partial charge in [0.15, 0.2) is 0 Å². The van der Waals surface area contributed by atoms with Crippen molar-refractivity contribution in [2.75, 3.05) is 0 Å². The minimum atomic E-state index is -0.323. The number of nitrogens with zero attached hydrogens (tertiary/aromatic N) is 2. The summed E-state index contributed by atoms with van der Waals surface area (Å²) in [6, 6.07) is 4.46. The second-order valence-corrected chi connectivity index (χ2v) is 5.66. The van der Waals surface area contributed by atoms with Crippen LogP contribution in [0.4, 0.5) is 4.39 Å². The van der Waals surface area contributed by atoms with Gasteiger partial charge in [-0.25, -0.2) is 4.39 Å². The van der Waals surface area contributed by atoms with Gasteiger partial charge in [0.1, 0.15) is 15.8 Å². The van der Waals surface area contributed by atoms with E-state index in [1.54, 1.807) is 17.4 Å². The van der Waals surface area contributed by atoms with Gasteiger partial charge in [0.05, 0.1) is 6.54 Å². The van der Waals surface area contributed by atoms with E-state index in [0.717, 1.165) is 15.6 Å². The van der Waals surface area contributed by atoms with Crippen molar-refractivity contribution in [2.45, 2.75) is 26.4 Å². The van der Waals surface area contributed by atoms with Crippen molar-refractivity contribution in [3.63, 3.8) is 0 Å². The SMILES string of the molecule is Cc1nnc(CN[C@H](C)c2ccc(F)cc2Cl)s1. The Morgan fingerprint density at radius 2 is 2.22 bits per heavy atom. The molecule has 1 aromatic carbocycles. The summed E-state index contributed by atoms with van der Waals surface area (Å²) in [7, 11) is 0. The molecule has 96 valence electrons. The van der Waals surface area contributed by atoms with Gasteiger partial charge in [0, 0.05) is 11.1 Å². The first-order chi connectivity index (χ1) is 8.56. The summed E-state index contributed by atoms with van der Waals surface area (Å²) in [5.74, 6) is -0.323. The van der Waals surface area contributed by atoms with Crippen molar-refractivity contribution >= 4 is 22.9 Å². The van der Waals surface area contributed by atoms with E-state index in [2.05, 4.69) is 15.5 Å². The first-order valence-electron chi connectivity index (χ1n) is 5.53. The third-order valence-electron chi connectivity index (χ3n) is 2.56. The summed E-state index contributed by atoms with van der Waals surface area (Å²) in [6.45, 7) is 4.52. The van der Waals surface area contributed by atoms with E-state index in [4.69, 9.17) is 11.6 Å². The lowest BCUT2D eigenvalue weighted by Crippen LogP contribution is -2.18. The van der Waals surface area contributed by atoms with Crippen molar-refractivity contribution in [3.05, 3.63) is 44.6 Å². The zero-order valence-electron chi connectivity index (χ0n) is 10.1. The zero-order valence-corrected chi connectivity index (χ0v) is 11.6. The summed E-state index contributed by atoms with van der Waals surface area (Å²) >= 11 is 7.56. The van der Waals surface area contributed by atoms with Crippen molar-refractivity contribution in [3.8, 4) is 0 Å². The van der Waals surface area contributed by atoms with Crippen molar-refractivity contribution in [1.29, 1.82) is 0 Å². The van der Waals surface area contributed by atoms with Gasteiger partial charge in [-0.3, -0.25) is 0 Å². The molecule has 0 aliphatic carbocycles. The summed E-state index contributed by atoms with van der Waals surface area (Å²) in [6.07, 6.45) is 0. The second kappa shape index (κ2) is 5.73. The molecule has 0 saturated carbocycles. The highest BCUT2D eigenvalue weighted by Crippen LogP contribution is 2.24. The molecule has 1 N–H and O–H groups in total. The second-order valence-electron chi connectivity index (χ2n) is 3.98. The normalized spacial score (nSPS) is 12.7. The first-order valence-corrected chi connectivity index (χ1v) is 6.73. The molecule has 2 aromatic rings. The maximum absolute atomic E-state index is 12.9. The van der Waals surface area contributed by atoms with Crippen LogP contribution in [0.3, 0.4) is 0 Å². The lowest BCUT2D eigenvalue weighted by atomic mass is 10.1. The van der Waals surface area contributed by atoms with Crippen LogP contribution in [-0.2, 0) is 6.54 Å². The molecule has 0 bridgehead atoms. The summed E-state index contributed by atoms with van der Waals surface area (Å²) in [5, 5.41) is 13.6. The minimum Gasteiger partial charge on any atom is -0.304 e. The average Bonchev–Trinajstić information content (AvgIpc) is 2.72. The van der Waals surface area contributed by atoms with E-state index in [1.165, 1.54) is 12.1 Å². The van der Waals surface area contributed by atoms with Gasteiger partial charge in [-0.15, -0.1) is 21.5 Å². The van der Waals surface area contributed by atoms with Crippen LogP contribution >= 0.6 is 22.9 Å². The Bertz CT molecular complexity index is 544. The fourth-order valence-corrected chi connectivity index (χ4v) is 2.60. The molecular weight excluding hydrogens is 273 g/mol. The van der Waals surface area contributed by atoms with Gasteiger partial charge in [0.2, 0.25) is 0 Å². The highest BCUT2D eigenvalue weighted by Gasteiger charge is 2.11. The number of aromatic nitrogens is 2. The van der Waals surface area contributed by atoms with Crippen LogP contribution in [-0.4, -0.2) is 10.2 Å². The largest absolute Gasteiger partial charge is 0.304 e. The molecule has 0 fully saturated rings. The third-order valence-corrected chi connectivity index (χ3v) is 3.72. The molecule has 2 rings (SSSR count). The number of aryl methyl sites for hydroxylation is 1. The molecule has 0 radical (unpaired) electrons. The fourth-order valence-electron chi connectivity index (χ4n) is 1.61. The molecule has 1 heterocycles. The monoisotopic (exact) mass is 285 g/mol. The Labute approximate surface area is 114 Å². The lowest BCUT2D eigenvalue weighted by molar-refractivity contribution is 0.568. The molecule has 0 aliphatic rings. The van der Waals surface area contributed by atoms with Gasteiger partial charge < -0.3 is 5.32 Å². The third kappa shape index (κ3) is 3.25. The van der Waals surface area contributed by atoms with E-state index in [1.807, 2.05) is 13.8 Å². The van der Waals surface area contributed by atoms with Crippen LogP contribution in [0.25, 0.3) is 0 Å². The highest BCUT2D eigenvalue weighted by atomic mass is 35.5. The van der Waals surface area contributed by atoms with Gasteiger partial charge in [0.25, 0.3) is 0 Å². The summed E-state index contributed by atoms with van der Waals surface area (Å²) in [4.78, 5) is 0. The topological polar surface area (TPSA) is 37.8 Å². The number of hydrogen-bond acceptors (Lipinski definition) is 4. The molecule has 0 amide bonds. The summed E-state index contributed by atoms with van der Waals surface area (Å²) in [5.41, 5.74) is 0.874. The quantitative estimate of drug-likeness (QED) is 0.934. The molecule has 1 aromatic heterocycles. The number of hydrogen-bond donors (Lipinski definition) is 1. The number of nitrogens with one attached hydrogen (secondary N) is 1. The summed E-state index contributed by atoms with van der Waals surface area (Å²) < 4.78 is 12.9. The van der Waals surface area contributed by atoms with E-state index in [0.29, 0.717) is 11.6 Å². The maximum atomic E-state index is 12.9. The number of benzene rings is 1. The van der Waals surface area contributed by atoms with Gasteiger partial charge >= 0.3 is 0 Å². The van der Waals surface area contributed by atoms with Crippen LogP contribution < -0.4 is 5.32 Å². The van der Waals surface area contributed by atoms with E-state index < -0.39 is 0 Å². The molecule has 0 spiro atoms. The van der Waals surface area contributed by atoms with Crippen LogP contribution in [0.2, 0.25) is 5.02 Å². The predicted octanol–water partition coefficient (Wildman–Crippen LogP) is 3.49. The highest BCUT2D eigenvalue weighted by molar-refractivity contribution is 7.11. The zero-order chi connectivity index (χ0) is 13.1. The smallest absolute Gasteiger partial charge is 0.131 e. The van der Waals surface area contributed by atoms with Crippen molar-refractivity contribution < 1.29 is 4.39 Å². The Morgan fingerprint density at radius 1 is 1.44 bits per heavy atom. The molecule has 0 saturated heterocycles. The molecule has 6 heteroatoms. The van der Waals surface area contributed by atoms with Crippen LogP contribution in [0.1, 0.15) is 28.5 Å². The molecule has 0 unspecified atom stereocenters. The van der Waals surface area contributed by atoms with Gasteiger partial charge in [-0.1, -0.05) is 17.7 Å². The van der Waals surface area contributed by atoms with Crippen LogP contribution in [0, 0.1) is 12.7 Å². The molecular formula is C12H13ClFN3S. The average molecular weight is 286 g/mol. The van der Waals surface area contributed by atoms with Crippen LogP contribution in [0.5, 0.6) is 0 Å². The Hall–Kier alpha value is -1.04. The predicted molar refractivity (Wildman–Crippen MR) is 71.3 cm³/mol. The van der Waals surface area contributed by atoms with Gasteiger partial charge in [-0.05, 0) is 31.5 Å². The Kier molecular flexibility index (Phi) is 4.27. The van der Waals surface area contributed by atoms with Crippen LogP contribution in [0.15, 0.2) is 18.2 Å². The standard InChI is InChI=1S/C12H13ClFN3S/c1-7(10-4-3-9(14)5-11(10)13)15-6-12-17-16-8(2)18-12/h3-5,7,15H,6H2,1-2H3/t7-/m1/s1. The number of halogens is 2. The fraction of sp³-hybridized carbons (Fsp3) is 0.333. The van der Waals surface area contributed by atoms with Gasteiger partial charge in [-0.2, -0.15) is 0 Å². The van der Waals surface area contributed by atoms with E-state index in [9.17, 15) is 4.39 Å². The van der Waals surface area contributed by atoms with Crippen molar-refractivity contribution in [1.82, 2.24) is 15.5 Å². The minimum absolute atomic E-state index is 0.0299. The first kappa shape index (κ1) is 13.4. The lowest BCUT2D eigenvalue weighted by Gasteiger charge is -2.14. The number of rotatable bonds is 4. The molecule has 3 nitrogen and oxygen atoms in total. The molecule has 18 heavy (non-hydrogen) atoms. The van der Waals surface area contributed by atoms with E-state index in [-0.39, 0.29) is 11.9 Å². The molecule has 1 atom stereocenters. The maximum Gasteiger partial charge on any atom is 0.131 e. The van der Waals surface area contributed by atoms with E-state index >= 15 is 0 Å².